The molecule has 0 aromatic carbocycles. The molecule has 0 amide bonds. The van der Waals surface area contributed by atoms with Gasteiger partial charge in [0.25, 0.3) is 0 Å². The van der Waals surface area contributed by atoms with Crippen LogP contribution >= 0.6 is 0 Å². The summed E-state index contributed by atoms with van der Waals surface area (Å²) < 4.78 is 0. The molecular formula is C12H22. The van der Waals surface area contributed by atoms with E-state index in [0.717, 1.165) is 17.8 Å². The van der Waals surface area contributed by atoms with Crippen molar-refractivity contribution in [3.05, 3.63) is 0 Å². The van der Waals surface area contributed by atoms with Crippen molar-refractivity contribution >= 4 is 0 Å². The summed E-state index contributed by atoms with van der Waals surface area (Å²) >= 11 is 0. The highest BCUT2D eigenvalue weighted by Crippen LogP contribution is 2.38. The van der Waals surface area contributed by atoms with Crippen molar-refractivity contribution in [1.82, 2.24) is 0 Å². The van der Waals surface area contributed by atoms with Gasteiger partial charge < -0.3 is 0 Å². The molecule has 0 heterocycles. The second-order valence-electron chi connectivity index (χ2n) is 5.16. The summed E-state index contributed by atoms with van der Waals surface area (Å²) in [5.41, 5.74) is 0. The minimum Gasteiger partial charge on any atom is -0.0625 e. The summed E-state index contributed by atoms with van der Waals surface area (Å²) in [5, 5.41) is 0. The molecule has 0 heteroatoms. The first-order valence-corrected chi connectivity index (χ1v) is 5.84. The first kappa shape index (κ1) is 8.59. The average molecular weight is 166 g/mol. The van der Waals surface area contributed by atoms with Gasteiger partial charge in [-0.1, -0.05) is 51.9 Å². The summed E-state index contributed by atoms with van der Waals surface area (Å²) in [4.78, 5) is 0. The van der Waals surface area contributed by atoms with Gasteiger partial charge in [0, 0.05) is 0 Å². The molecular weight excluding hydrogens is 144 g/mol. The van der Waals surface area contributed by atoms with Crippen molar-refractivity contribution < 1.29 is 0 Å². The van der Waals surface area contributed by atoms with Gasteiger partial charge in [0.2, 0.25) is 0 Å². The fourth-order valence-corrected chi connectivity index (χ4v) is 2.76. The molecule has 2 rings (SSSR count). The summed E-state index contributed by atoms with van der Waals surface area (Å²) in [6.45, 7) is 2.42. The highest BCUT2D eigenvalue weighted by molar-refractivity contribution is 4.77. The summed E-state index contributed by atoms with van der Waals surface area (Å²) in [6, 6.07) is 0. The van der Waals surface area contributed by atoms with E-state index in [1.807, 2.05) is 0 Å². The van der Waals surface area contributed by atoms with E-state index in [1.54, 1.807) is 19.3 Å². The second-order valence-corrected chi connectivity index (χ2v) is 5.16. The zero-order chi connectivity index (χ0) is 8.39. The van der Waals surface area contributed by atoms with Gasteiger partial charge in [-0.3, -0.25) is 0 Å². The average Bonchev–Trinajstić information content (AvgIpc) is 2.00. The molecule has 2 fully saturated rings. The standard InChI is InChI=1S/C12H22/c1-10-5-7-12(8-6-10)9-11-3-2-4-11/h10-12H,2-9H2,1H3. The van der Waals surface area contributed by atoms with E-state index in [-0.39, 0.29) is 0 Å². The van der Waals surface area contributed by atoms with Crippen LogP contribution in [-0.4, -0.2) is 0 Å². The smallest absolute Gasteiger partial charge is 0.0411 e. The molecule has 12 heavy (non-hydrogen) atoms. The van der Waals surface area contributed by atoms with Crippen LogP contribution in [0.3, 0.4) is 0 Å². The molecule has 0 bridgehead atoms. The van der Waals surface area contributed by atoms with E-state index in [2.05, 4.69) is 6.92 Å². The van der Waals surface area contributed by atoms with Gasteiger partial charge in [-0.15, -0.1) is 0 Å². The molecule has 2 saturated carbocycles. The SMILES string of the molecule is CC1CCC(CC2CCC2)CC1. The molecule has 0 aliphatic heterocycles. The van der Waals surface area contributed by atoms with Crippen molar-refractivity contribution in [1.29, 1.82) is 0 Å². The zero-order valence-electron chi connectivity index (χ0n) is 8.39. The Morgan fingerprint density at radius 2 is 1.42 bits per heavy atom. The van der Waals surface area contributed by atoms with Gasteiger partial charge in [-0.2, -0.15) is 0 Å². The van der Waals surface area contributed by atoms with Crippen LogP contribution < -0.4 is 0 Å². The molecule has 2 aliphatic rings. The van der Waals surface area contributed by atoms with Gasteiger partial charge in [0.15, 0.2) is 0 Å². The van der Waals surface area contributed by atoms with E-state index in [4.69, 9.17) is 0 Å². The molecule has 0 saturated heterocycles. The third kappa shape index (κ3) is 2.02. The third-order valence-electron chi connectivity index (χ3n) is 4.03. The molecule has 0 aromatic rings. The van der Waals surface area contributed by atoms with E-state index in [1.165, 1.54) is 32.1 Å². The lowest BCUT2D eigenvalue weighted by Crippen LogP contribution is -2.19. The quantitative estimate of drug-likeness (QED) is 0.581. The number of hydrogen-bond donors (Lipinski definition) is 0. The molecule has 0 atom stereocenters. The van der Waals surface area contributed by atoms with Gasteiger partial charge in [0.05, 0.1) is 0 Å². The highest BCUT2D eigenvalue weighted by atomic mass is 14.3. The van der Waals surface area contributed by atoms with Crippen molar-refractivity contribution in [3.63, 3.8) is 0 Å². The summed E-state index contributed by atoms with van der Waals surface area (Å²) in [7, 11) is 0. The van der Waals surface area contributed by atoms with Crippen LogP contribution in [0.2, 0.25) is 0 Å². The lowest BCUT2D eigenvalue weighted by molar-refractivity contribution is 0.196. The van der Waals surface area contributed by atoms with Crippen LogP contribution in [0.15, 0.2) is 0 Å². The maximum Gasteiger partial charge on any atom is -0.0411 e. The maximum atomic E-state index is 2.42. The predicted molar refractivity (Wildman–Crippen MR) is 53.1 cm³/mol. The number of hydrogen-bond acceptors (Lipinski definition) is 0. The highest BCUT2D eigenvalue weighted by Gasteiger charge is 2.24. The van der Waals surface area contributed by atoms with Crippen molar-refractivity contribution in [2.45, 2.75) is 58.3 Å². The lowest BCUT2D eigenvalue weighted by Gasteiger charge is -2.33. The van der Waals surface area contributed by atoms with Gasteiger partial charge >= 0.3 is 0 Å². The van der Waals surface area contributed by atoms with Crippen LogP contribution in [0.5, 0.6) is 0 Å². The molecule has 2 aliphatic carbocycles. The number of rotatable bonds is 2. The van der Waals surface area contributed by atoms with E-state index in [9.17, 15) is 0 Å². The molecule has 0 nitrogen and oxygen atoms in total. The fourth-order valence-electron chi connectivity index (χ4n) is 2.76. The minimum atomic E-state index is 1.03. The van der Waals surface area contributed by atoms with Crippen LogP contribution in [-0.2, 0) is 0 Å². The minimum absolute atomic E-state index is 1.03. The van der Waals surface area contributed by atoms with Gasteiger partial charge in [-0.05, 0) is 24.2 Å². The Kier molecular flexibility index (Phi) is 2.73. The van der Waals surface area contributed by atoms with Crippen LogP contribution in [0.1, 0.15) is 58.3 Å². The first-order chi connectivity index (χ1) is 5.84. The largest absolute Gasteiger partial charge is 0.0625 e. The van der Waals surface area contributed by atoms with Crippen LogP contribution in [0.4, 0.5) is 0 Å². The van der Waals surface area contributed by atoms with Crippen molar-refractivity contribution in [2.24, 2.45) is 17.8 Å². The Hall–Kier alpha value is 0. The normalized spacial score (nSPS) is 37.8. The Bertz CT molecular complexity index is 127. The van der Waals surface area contributed by atoms with Crippen LogP contribution in [0, 0.1) is 17.8 Å². The zero-order valence-corrected chi connectivity index (χ0v) is 8.39. The molecule has 0 radical (unpaired) electrons. The fraction of sp³-hybridized carbons (Fsp3) is 1.00. The first-order valence-electron chi connectivity index (χ1n) is 5.84. The Morgan fingerprint density at radius 1 is 0.833 bits per heavy atom. The summed E-state index contributed by atoms with van der Waals surface area (Å²) in [6.07, 6.45) is 12.3. The Labute approximate surface area is 76.7 Å². The summed E-state index contributed by atoms with van der Waals surface area (Å²) in [5.74, 6) is 3.29. The van der Waals surface area contributed by atoms with Crippen LogP contribution in [0.25, 0.3) is 0 Å². The topological polar surface area (TPSA) is 0 Å². The third-order valence-corrected chi connectivity index (χ3v) is 4.03. The Morgan fingerprint density at radius 3 is 1.92 bits per heavy atom. The molecule has 0 N–H and O–H groups in total. The van der Waals surface area contributed by atoms with Gasteiger partial charge in [-0.25, -0.2) is 0 Å². The maximum absolute atomic E-state index is 2.42. The van der Waals surface area contributed by atoms with Gasteiger partial charge in [0.1, 0.15) is 0 Å². The monoisotopic (exact) mass is 166 g/mol. The van der Waals surface area contributed by atoms with Crippen molar-refractivity contribution in [3.8, 4) is 0 Å². The van der Waals surface area contributed by atoms with Crippen molar-refractivity contribution in [2.75, 3.05) is 0 Å². The molecule has 70 valence electrons. The van der Waals surface area contributed by atoms with E-state index in [0.29, 0.717) is 0 Å². The lowest BCUT2D eigenvalue weighted by atomic mass is 9.73. The van der Waals surface area contributed by atoms with E-state index < -0.39 is 0 Å². The molecule has 0 unspecified atom stereocenters. The Balaban J connectivity index is 1.67. The molecule has 0 aromatic heterocycles. The predicted octanol–water partition coefficient (Wildman–Crippen LogP) is 4.00. The van der Waals surface area contributed by atoms with E-state index >= 15 is 0 Å². The second kappa shape index (κ2) is 3.81. The molecule has 0 spiro atoms.